The van der Waals surface area contributed by atoms with Crippen LogP contribution in [0.4, 0.5) is 0 Å². The molecule has 1 N–H and O–H groups in total. The summed E-state index contributed by atoms with van der Waals surface area (Å²) in [7, 11) is -2.15. The first kappa shape index (κ1) is 20.7. The van der Waals surface area contributed by atoms with Crippen LogP contribution in [-0.4, -0.2) is 45.6 Å². The second kappa shape index (κ2) is 9.38. The highest BCUT2D eigenvalue weighted by Crippen LogP contribution is 2.17. The van der Waals surface area contributed by atoms with E-state index in [4.69, 9.17) is 18.8 Å². The van der Waals surface area contributed by atoms with Crippen molar-refractivity contribution in [1.29, 1.82) is 0 Å². The average molecular weight is 394 g/mol. The first-order valence-electron chi connectivity index (χ1n) is 8.22. The third-order valence-electron chi connectivity index (χ3n) is 3.73. The molecule has 8 heteroatoms. The predicted molar refractivity (Wildman–Crippen MR) is 99.7 cm³/mol. The topological polar surface area (TPSA) is 99.1 Å². The molecule has 0 aromatic heterocycles. The largest absolute Gasteiger partial charge is 0.493 e. The molecule has 0 aliphatic rings. The molecule has 2 aromatic carbocycles. The molecule has 0 fully saturated rings. The number of carboxylic acid groups (broad SMARTS) is 1. The molecule has 0 bridgehead atoms. The number of ether oxygens (including phenoxy) is 2. The van der Waals surface area contributed by atoms with Crippen LogP contribution in [0.2, 0.25) is 0 Å². The lowest BCUT2D eigenvalue weighted by Gasteiger charge is -2.11. The second-order valence-corrected chi connectivity index (χ2v) is 7.52. The van der Waals surface area contributed by atoms with Gasteiger partial charge in [-0.3, -0.25) is 0 Å². The molecule has 0 saturated carbocycles. The molecule has 7 nitrogen and oxygen atoms in total. The number of carboxylic acids is 1. The Morgan fingerprint density at radius 2 is 1.56 bits per heavy atom. The van der Waals surface area contributed by atoms with Gasteiger partial charge in [-0.1, -0.05) is 24.3 Å². The molecular formula is C19H22O7S. The maximum absolute atomic E-state index is 11.1. The van der Waals surface area contributed by atoms with Crippen molar-refractivity contribution < 1.29 is 32.0 Å². The zero-order chi connectivity index (χ0) is 19.9. The van der Waals surface area contributed by atoms with E-state index < -0.39 is 22.2 Å². The van der Waals surface area contributed by atoms with E-state index in [1.807, 2.05) is 12.1 Å². The maximum atomic E-state index is 11.1. The van der Waals surface area contributed by atoms with E-state index in [-0.39, 0.29) is 12.2 Å². The van der Waals surface area contributed by atoms with Gasteiger partial charge in [0.1, 0.15) is 11.5 Å². The van der Waals surface area contributed by atoms with Gasteiger partial charge in [0.15, 0.2) is 6.10 Å². The van der Waals surface area contributed by atoms with E-state index in [2.05, 4.69) is 0 Å². The lowest BCUT2D eigenvalue weighted by molar-refractivity contribution is -0.148. The second-order valence-electron chi connectivity index (χ2n) is 5.94. The summed E-state index contributed by atoms with van der Waals surface area (Å²) < 4.78 is 37.5. The van der Waals surface area contributed by atoms with Crippen LogP contribution in [0.15, 0.2) is 48.5 Å². The van der Waals surface area contributed by atoms with Crippen LogP contribution in [0.1, 0.15) is 11.1 Å². The first-order valence-corrected chi connectivity index (χ1v) is 10.0. The lowest BCUT2D eigenvalue weighted by Crippen LogP contribution is -2.24. The summed E-state index contributed by atoms with van der Waals surface area (Å²) in [5.74, 6) is -0.0423. The molecular weight excluding hydrogens is 372 g/mol. The molecule has 2 rings (SSSR count). The SMILES string of the molecule is COC(Cc1ccc(OCCc2ccc(OS(C)(=O)=O)cc2)cc1)C(=O)O. The minimum absolute atomic E-state index is 0.272. The Hall–Kier alpha value is -2.58. The Morgan fingerprint density at radius 1 is 1.00 bits per heavy atom. The van der Waals surface area contributed by atoms with Crippen molar-refractivity contribution >= 4 is 16.1 Å². The van der Waals surface area contributed by atoms with Crippen molar-refractivity contribution in [3.63, 3.8) is 0 Å². The van der Waals surface area contributed by atoms with Crippen molar-refractivity contribution in [1.82, 2.24) is 0 Å². The van der Waals surface area contributed by atoms with Crippen LogP contribution in [0.5, 0.6) is 11.5 Å². The number of hydrogen-bond acceptors (Lipinski definition) is 6. The summed E-state index contributed by atoms with van der Waals surface area (Å²) in [5.41, 5.74) is 1.83. The van der Waals surface area contributed by atoms with Gasteiger partial charge in [0.2, 0.25) is 0 Å². The average Bonchev–Trinajstić information content (AvgIpc) is 2.61. The Morgan fingerprint density at radius 3 is 2.07 bits per heavy atom. The molecule has 0 radical (unpaired) electrons. The van der Waals surface area contributed by atoms with Gasteiger partial charge < -0.3 is 18.8 Å². The number of rotatable bonds is 10. The molecule has 0 heterocycles. The van der Waals surface area contributed by atoms with E-state index >= 15 is 0 Å². The smallest absolute Gasteiger partial charge is 0.333 e. The number of carbonyl (C=O) groups is 1. The normalized spacial score (nSPS) is 12.4. The molecule has 0 spiro atoms. The Kier molecular flexibility index (Phi) is 7.20. The zero-order valence-electron chi connectivity index (χ0n) is 15.1. The van der Waals surface area contributed by atoms with Gasteiger partial charge in [0, 0.05) is 20.0 Å². The minimum atomic E-state index is -3.53. The van der Waals surface area contributed by atoms with E-state index in [9.17, 15) is 13.2 Å². The van der Waals surface area contributed by atoms with Crippen molar-refractivity contribution in [2.24, 2.45) is 0 Å². The van der Waals surface area contributed by atoms with Crippen LogP contribution < -0.4 is 8.92 Å². The molecule has 0 amide bonds. The fraction of sp³-hybridized carbons (Fsp3) is 0.316. The Balaban J connectivity index is 1.82. The minimum Gasteiger partial charge on any atom is -0.493 e. The Bertz CT molecular complexity index is 843. The van der Waals surface area contributed by atoms with E-state index in [1.54, 1.807) is 36.4 Å². The van der Waals surface area contributed by atoms with Crippen LogP contribution in [-0.2, 0) is 32.5 Å². The predicted octanol–water partition coefficient (Wildman–Crippen LogP) is 2.29. The summed E-state index contributed by atoms with van der Waals surface area (Å²) in [4.78, 5) is 11.0. The number of hydrogen-bond donors (Lipinski definition) is 1. The van der Waals surface area contributed by atoms with Gasteiger partial charge in [0.25, 0.3) is 0 Å². The third-order valence-corrected chi connectivity index (χ3v) is 4.23. The molecule has 0 aliphatic carbocycles. The highest BCUT2D eigenvalue weighted by atomic mass is 32.2. The van der Waals surface area contributed by atoms with Crippen LogP contribution in [0, 0.1) is 0 Å². The first-order chi connectivity index (χ1) is 12.8. The van der Waals surface area contributed by atoms with Gasteiger partial charge in [-0.25, -0.2) is 4.79 Å². The summed E-state index contributed by atoms with van der Waals surface area (Å²) in [6.07, 6.45) is 1.06. The molecule has 27 heavy (non-hydrogen) atoms. The molecule has 1 atom stereocenters. The molecule has 146 valence electrons. The summed E-state index contributed by atoms with van der Waals surface area (Å²) >= 11 is 0. The standard InChI is InChI=1S/C19H22O7S/c1-24-18(19(20)21)13-15-5-7-16(8-6-15)25-12-11-14-3-9-17(10-4-14)26-27(2,22)23/h3-10,18H,11-13H2,1-2H3,(H,20,21). The highest BCUT2D eigenvalue weighted by Gasteiger charge is 2.16. The van der Waals surface area contributed by atoms with E-state index in [0.29, 0.717) is 18.8 Å². The van der Waals surface area contributed by atoms with E-state index in [0.717, 1.165) is 17.4 Å². The monoisotopic (exact) mass is 394 g/mol. The zero-order valence-corrected chi connectivity index (χ0v) is 15.9. The molecule has 0 saturated heterocycles. The summed E-state index contributed by atoms with van der Waals surface area (Å²) in [6.45, 7) is 0.446. The highest BCUT2D eigenvalue weighted by molar-refractivity contribution is 7.86. The quantitative estimate of drug-likeness (QED) is 0.617. The van der Waals surface area contributed by atoms with Crippen LogP contribution >= 0.6 is 0 Å². The third kappa shape index (κ3) is 7.28. The molecule has 1 unspecified atom stereocenters. The number of benzene rings is 2. The van der Waals surface area contributed by atoms with Crippen LogP contribution in [0.25, 0.3) is 0 Å². The Labute approximate surface area is 158 Å². The van der Waals surface area contributed by atoms with Crippen molar-refractivity contribution in [3.05, 3.63) is 59.7 Å². The number of methoxy groups -OCH3 is 1. The van der Waals surface area contributed by atoms with Crippen LogP contribution in [0.3, 0.4) is 0 Å². The van der Waals surface area contributed by atoms with Crippen molar-refractivity contribution in [2.45, 2.75) is 18.9 Å². The number of aliphatic carboxylic acids is 1. The lowest BCUT2D eigenvalue weighted by atomic mass is 10.1. The molecule has 2 aromatic rings. The van der Waals surface area contributed by atoms with Gasteiger partial charge in [-0.15, -0.1) is 0 Å². The summed E-state index contributed by atoms with van der Waals surface area (Å²) in [6, 6.07) is 13.9. The fourth-order valence-corrected chi connectivity index (χ4v) is 2.84. The van der Waals surface area contributed by atoms with Crippen molar-refractivity contribution in [2.75, 3.05) is 20.0 Å². The summed E-state index contributed by atoms with van der Waals surface area (Å²) in [5, 5.41) is 9.00. The van der Waals surface area contributed by atoms with Crippen molar-refractivity contribution in [3.8, 4) is 11.5 Å². The van der Waals surface area contributed by atoms with Gasteiger partial charge in [-0.2, -0.15) is 8.42 Å². The van der Waals surface area contributed by atoms with E-state index in [1.165, 1.54) is 7.11 Å². The van der Waals surface area contributed by atoms with Gasteiger partial charge >= 0.3 is 16.1 Å². The maximum Gasteiger partial charge on any atom is 0.333 e. The fourth-order valence-electron chi connectivity index (χ4n) is 2.38. The van der Waals surface area contributed by atoms with Gasteiger partial charge in [0.05, 0.1) is 12.9 Å². The molecule has 0 aliphatic heterocycles. The van der Waals surface area contributed by atoms with Gasteiger partial charge in [-0.05, 0) is 35.4 Å².